The number of hydrogen-bond donors (Lipinski definition) is 4. The second kappa shape index (κ2) is 6.23. The minimum atomic E-state index is -1.22. The molecule has 0 saturated carbocycles. The molecule has 0 saturated heterocycles. The summed E-state index contributed by atoms with van der Waals surface area (Å²) in [6.07, 6.45) is 3.32. The van der Waals surface area contributed by atoms with E-state index < -0.39 is 5.97 Å². The van der Waals surface area contributed by atoms with Crippen LogP contribution in [0.3, 0.4) is 0 Å². The summed E-state index contributed by atoms with van der Waals surface area (Å²) in [5, 5.41) is 38.7. The highest BCUT2D eigenvalue weighted by Crippen LogP contribution is 2.46. The molecule has 0 aromatic heterocycles. The Morgan fingerprint density at radius 3 is 2.36 bits per heavy atom. The van der Waals surface area contributed by atoms with E-state index in [4.69, 9.17) is 5.11 Å². The van der Waals surface area contributed by atoms with E-state index in [-0.39, 0.29) is 41.1 Å². The van der Waals surface area contributed by atoms with Gasteiger partial charge in [-0.05, 0) is 43.4 Å². The predicted molar refractivity (Wildman–Crippen MR) is 82.2 cm³/mol. The Labute approximate surface area is 128 Å². The molecule has 118 valence electrons. The third-order valence-electron chi connectivity index (χ3n) is 4.18. The van der Waals surface area contributed by atoms with Crippen molar-refractivity contribution in [2.75, 3.05) is 6.61 Å². The molecule has 0 heterocycles. The Morgan fingerprint density at radius 2 is 1.91 bits per heavy atom. The molecular formula is C17H20O5. The van der Waals surface area contributed by atoms with Crippen LogP contribution in [-0.2, 0) is 0 Å². The van der Waals surface area contributed by atoms with Crippen molar-refractivity contribution in [2.45, 2.75) is 25.7 Å². The molecule has 1 unspecified atom stereocenters. The SMILES string of the molecule is C=C(C)[C@@H]1CCC(CO)=CC1c1c(O)cc(C(=O)O)cc1O. The molecule has 0 spiro atoms. The van der Waals surface area contributed by atoms with Crippen LogP contribution in [0.1, 0.15) is 41.6 Å². The number of carbonyl (C=O) groups is 1. The summed E-state index contributed by atoms with van der Waals surface area (Å²) in [4.78, 5) is 11.0. The van der Waals surface area contributed by atoms with Crippen molar-refractivity contribution in [1.82, 2.24) is 0 Å². The van der Waals surface area contributed by atoms with E-state index in [2.05, 4.69) is 6.58 Å². The topological polar surface area (TPSA) is 98.0 Å². The molecule has 1 aliphatic carbocycles. The monoisotopic (exact) mass is 304 g/mol. The zero-order chi connectivity index (χ0) is 16.4. The fraction of sp³-hybridized carbons (Fsp3) is 0.353. The maximum Gasteiger partial charge on any atom is 0.335 e. The van der Waals surface area contributed by atoms with Crippen molar-refractivity contribution in [3.8, 4) is 11.5 Å². The van der Waals surface area contributed by atoms with Gasteiger partial charge in [0.15, 0.2) is 0 Å². The molecule has 0 bridgehead atoms. The molecule has 1 aromatic rings. The van der Waals surface area contributed by atoms with Crippen molar-refractivity contribution >= 4 is 5.97 Å². The maximum absolute atomic E-state index is 11.0. The summed E-state index contributed by atoms with van der Waals surface area (Å²) in [7, 11) is 0. The lowest BCUT2D eigenvalue weighted by Crippen LogP contribution is -2.18. The van der Waals surface area contributed by atoms with Gasteiger partial charge in [-0.25, -0.2) is 4.79 Å². The van der Waals surface area contributed by atoms with Gasteiger partial charge in [-0.2, -0.15) is 0 Å². The minimum absolute atomic E-state index is 0.0165. The highest BCUT2D eigenvalue weighted by molar-refractivity contribution is 5.89. The average molecular weight is 304 g/mol. The second-order valence-corrected chi connectivity index (χ2v) is 5.73. The molecule has 5 heteroatoms. The Morgan fingerprint density at radius 1 is 1.32 bits per heavy atom. The molecule has 0 amide bonds. The van der Waals surface area contributed by atoms with Gasteiger partial charge in [-0.3, -0.25) is 0 Å². The molecule has 22 heavy (non-hydrogen) atoms. The Balaban J connectivity index is 2.56. The number of allylic oxidation sites excluding steroid dienone is 2. The molecule has 1 aliphatic rings. The summed E-state index contributed by atoms with van der Waals surface area (Å²) in [6.45, 7) is 5.77. The summed E-state index contributed by atoms with van der Waals surface area (Å²) in [5.74, 6) is -2.06. The van der Waals surface area contributed by atoms with E-state index >= 15 is 0 Å². The number of aliphatic hydroxyl groups is 1. The lowest BCUT2D eigenvalue weighted by atomic mass is 9.73. The molecular weight excluding hydrogens is 284 g/mol. The number of aromatic carboxylic acids is 1. The number of phenols is 2. The quantitative estimate of drug-likeness (QED) is 0.641. The van der Waals surface area contributed by atoms with Gasteiger partial charge in [-0.1, -0.05) is 18.2 Å². The van der Waals surface area contributed by atoms with Gasteiger partial charge >= 0.3 is 5.97 Å². The number of hydrogen-bond acceptors (Lipinski definition) is 4. The van der Waals surface area contributed by atoms with Crippen LogP contribution in [0.25, 0.3) is 0 Å². The molecule has 0 fully saturated rings. The highest BCUT2D eigenvalue weighted by Gasteiger charge is 2.31. The van der Waals surface area contributed by atoms with E-state index in [1.165, 1.54) is 0 Å². The number of benzene rings is 1. The number of carboxylic acid groups (broad SMARTS) is 1. The zero-order valence-electron chi connectivity index (χ0n) is 12.4. The summed E-state index contributed by atoms with van der Waals surface area (Å²) in [6, 6.07) is 2.27. The number of aromatic hydroxyl groups is 2. The van der Waals surface area contributed by atoms with Crippen molar-refractivity contribution < 1.29 is 25.2 Å². The first kappa shape index (κ1) is 16.1. The predicted octanol–water partition coefficient (Wildman–Crippen LogP) is 2.78. The number of carboxylic acids is 1. The summed E-state index contributed by atoms with van der Waals surface area (Å²) >= 11 is 0. The van der Waals surface area contributed by atoms with Gasteiger partial charge in [0.25, 0.3) is 0 Å². The first-order valence-corrected chi connectivity index (χ1v) is 7.10. The van der Waals surface area contributed by atoms with E-state index in [0.717, 1.165) is 36.1 Å². The van der Waals surface area contributed by atoms with Crippen LogP contribution in [0.15, 0.2) is 35.9 Å². The normalized spacial score (nSPS) is 21.3. The highest BCUT2D eigenvalue weighted by atomic mass is 16.4. The Bertz CT molecular complexity index is 621. The van der Waals surface area contributed by atoms with E-state index in [1.54, 1.807) is 0 Å². The van der Waals surface area contributed by atoms with Crippen molar-refractivity contribution in [1.29, 1.82) is 0 Å². The standard InChI is InChI=1S/C17H20O5/c1-9(2)12-4-3-10(8-18)5-13(12)16-14(19)6-11(17(21)22)7-15(16)20/h5-7,12-13,18-20H,1,3-4,8H2,2H3,(H,21,22)/t12-,13?/m0/s1. The molecule has 2 atom stereocenters. The van der Waals surface area contributed by atoms with Crippen LogP contribution in [0, 0.1) is 5.92 Å². The minimum Gasteiger partial charge on any atom is -0.507 e. The number of phenolic OH excluding ortho intramolecular Hbond substituents is 2. The lowest BCUT2D eigenvalue weighted by molar-refractivity contribution is 0.0696. The summed E-state index contributed by atoms with van der Waals surface area (Å²) in [5.41, 5.74) is 1.86. The number of aliphatic hydroxyl groups excluding tert-OH is 1. The van der Waals surface area contributed by atoms with Crippen LogP contribution in [0.2, 0.25) is 0 Å². The molecule has 5 nitrogen and oxygen atoms in total. The third-order valence-corrected chi connectivity index (χ3v) is 4.18. The molecule has 0 radical (unpaired) electrons. The van der Waals surface area contributed by atoms with E-state index in [0.29, 0.717) is 0 Å². The van der Waals surface area contributed by atoms with Crippen LogP contribution in [0.5, 0.6) is 11.5 Å². The Kier molecular flexibility index (Phi) is 4.56. The largest absolute Gasteiger partial charge is 0.507 e. The van der Waals surface area contributed by atoms with Gasteiger partial charge in [0.05, 0.1) is 12.2 Å². The van der Waals surface area contributed by atoms with Crippen LogP contribution in [-0.4, -0.2) is 33.0 Å². The first-order chi connectivity index (χ1) is 10.3. The number of rotatable bonds is 4. The van der Waals surface area contributed by atoms with Gasteiger partial charge < -0.3 is 20.4 Å². The van der Waals surface area contributed by atoms with E-state index in [9.17, 15) is 20.1 Å². The van der Waals surface area contributed by atoms with Crippen molar-refractivity contribution in [3.63, 3.8) is 0 Å². The van der Waals surface area contributed by atoms with Crippen molar-refractivity contribution in [3.05, 3.63) is 47.1 Å². The fourth-order valence-electron chi connectivity index (χ4n) is 3.03. The lowest BCUT2D eigenvalue weighted by Gasteiger charge is -2.31. The van der Waals surface area contributed by atoms with Gasteiger partial charge in [0.1, 0.15) is 11.5 Å². The molecule has 2 rings (SSSR count). The first-order valence-electron chi connectivity index (χ1n) is 7.10. The summed E-state index contributed by atoms with van der Waals surface area (Å²) < 4.78 is 0. The fourth-order valence-corrected chi connectivity index (χ4v) is 3.03. The van der Waals surface area contributed by atoms with Gasteiger partial charge in [0, 0.05) is 11.5 Å². The Hall–Kier alpha value is -2.27. The van der Waals surface area contributed by atoms with Crippen LogP contribution in [0.4, 0.5) is 0 Å². The van der Waals surface area contributed by atoms with Crippen molar-refractivity contribution in [2.24, 2.45) is 5.92 Å². The van der Waals surface area contributed by atoms with Gasteiger partial charge in [-0.15, -0.1) is 0 Å². The average Bonchev–Trinajstić information content (AvgIpc) is 2.45. The van der Waals surface area contributed by atoms with Crippen LogP contribution >= 0.6 is 0 Å². The van der Waals surface area contributed by atoms with Crippen LogP contribution < -0.4 is 0 Å². The van der Waals surface area contributed by atoms with E-state index in [1.807, 2.05) is 13.0 Å². The second-order valence-electron chi connectivity index (χ2n) is 5.73. The third kappa shape index (κ3) is 2.99. The van der Waals surface area contributed by atoms with Gasteiger partial charge in [0.2, 0.25) is 0 Å². The zero-order valence-corrected chi connectivity index (χ0v) is 12.4. The molecule has 4 N–H and O–H groups in total. The molecule has 1 aromatic carbocycles. The smallest absolute Gasteiger partial charge is 0.335 e. The molecule has 0 aliphatic heterocycles. The maximum atomic E-state index is 11.0.